The van der Waals surface area contributed by atoms with Crippen molar-refractivity contribution in [3.8, 4) is 0 Å². The molecule has 130 valence electrons. The van der Waals surface area contributed by atoms with Gasteiger partial charge in [-0.2, -0.15) is 0 Å². The zero-order chi connectivity index (χ0) is 17.6. The van der Waals surface area contributed by atoms with Gasteiger partial charge in [0.2, 0.25) is 5.91 Å². The predicted molar refractivity (Wildman–Crippen MR) is 94.4 cm³/mol. The number of carbonyl (C=O) groups excluding carboxylic acids is 1. The topological polar surface area (TPSA) is 97.6 Å². The zero-order valence-electron chi connectivity index (χ0n) is 14.3. The number of nitrogens with zero attached hydrogens (tertiary/aromatic N) is 2. The van der Waals surface area contributed by atoms with Gasteiger partial charge in [0.25, 0.3) is 5.56 Å². The van der Waals surface area contributed by atoms with Crippen molar-refractivity contribution in [1.29, 1.82) is 0 Å². The van der Waals surface area contributed by atoms with Gasteiger partial charge in [0.15, 0.2) is 0 Å². The molecule has 0 spiro atoms. The number of imidazole rings is 1. The molecule has 1 aliphatic rings. The van der Waals surface area contributed by atoms with Crippen LogP contribution in [0.25, 0.3) is 11.0 Å². The second kappa shape index (κ2) is 5.91. The highest BCUT2D eigenvalue weighted by Crippen LogP contribution is 2.32. The summed E-state index contributed by atoms with van der Waals surface area (Å²) in [5.41, 5.74) is 4.08. The van der Waals surface area contributed by atoms with Crippen LogP contribution in [0.3, 0.4) is 0 Å². The quantitative estimate of drug-likeness (QED) is 0.681. The van der Waals surface area contributed by atoms with E-state index in [2.05, 4.69) is 26.2 Å². The van der Waals surface area contributed by atoms with E-state index in [0.717, 1.165) is 29.7 Å². The summed E-state index contributed by atoms with van der Waals surface area (Å²) in [6, 6.07) is 6.04. The van der Waals surface area contributed by atoms with Gasteiger partial charge < -0.3 is 15.0 Å². The number of fused-ring (bicyclic) bond motifs is 1. The fourth-order valence-corrected chi connectivity index (χ4v) is 3.59. The maximum atomic E-state index is 12.8. The summed E-state index contributed by atoms with van der Waals surface area (Å²) < 4.78 is 0. The van der Waals surface area contributed by atoms with E-state index in [0.29, 0.717) is 17.8 Å². The SMILES string of the molecule is Cc1ccc2nc(C3CCCN3C(=O)Cc3c(C)[nH][nH]c3=O)[nH]c2c1. The second-order valence-electron chi connectivity index (χ2n) is 6.75. The summed E-state index contributed by atoms with van der Waals surface area (Å²) in [5.74, 6) is 0.790. The fraction of sp³-hybridized carbons (Fsp3) is 0.389. The summed E-state index contributed by atoms with van der Waals surface area (Å²) in [6.07, 6.45) is 1.93. The molecule has 3 aromatic rings. The number of carbonyl (C=O) groups is 1. The van der Waals surface area contributed by atoms with E-state index >= 15 is 0 Å². The van der Waals surface area contributed by atoms with E-state index in [9.17, 15) is 9.59 Å². The maximum Gasteiger partial charge on any atom is 0.267 e. The maximum absolute atomic E-state index is 12.8. The number of aryl methyl sites for hydroxylation is 2. The van der Waals surface area contributed by atoms with Crippen molar-refractivity contribution >= 4 is 16.9 Å². The Kier molecular flexibility index (Phi) is 3.71. The summed E-state index contributed by atoms with van der Waals surface area (Å²) >= 11 is 0. The Hall–Kier alpha value is -2.83. The Morgan fingerprint density at radius 1 is 1.32 bits per heavy atom. The molecular weight excluding hydrogens is 318 g/mol. The third-order valence-electron chi connectivity index (χ3n) is 4.96. The Bertz CT molecular complexity index is 996. The number of rotatable bonds is 3. The summed E-state index contributed by atoms with van der Waals surface area (Å²) in [6.45, 7) is 4.53. The van der Waals surface area contributed by atoms with E-state index in [1.165, 1.54) is 5.56 Å². The van der Waals surface area contributed by atoms with Crippen LogP contribution in [0.5, 0.6) is 0 Å². The van der Waals surface area contributed by atoms with Crippen molar-refractivity contribution in [3.05, 3.63) is 51.2 Å². The normalized spacial score (nSPS) is 17.5. The average Bonchev–Trinajstić information content (AvgIpc) is 3.28. The molecular formula is C18H21N5O2. The monoisotopic (exact) mass is 339 g/mol. The van der Waals surface area contributed by atoms with Gasteiger partial charge in [0, 0.05) is 17.8 Å². The third kappa shape index (κ3) is 2.75. The van der Waals surface area contributed by atoms with E-state index in [1.54, 1.807) is 6.92 Å². The number of aromatic amines is 3. The van der Waals surface area contributed by atoms with Crippen LogP contribution in [0.15, 0.2) is 23.0 Å². The summed E-state index contributed by atoms with van der Waals surface area (Å²) in [4.78, 5) is 34.5. The Labute approximate surface area is 144 Å². The zero-order valence-corrected chi connectivity index (χ0v) is 14.3. The van der Waals surface area contributed by atoms with Gasteiger partial charge in [-0.1, -0.05) is 6.07 Å². The van der Waals surface area contributed by atoms with Gasteiger partial charge in [0.1, 0.15) is 5.82 Å². The molecule has 0 saturated carbocycles. The molecule has 2 aromatic heterocycles. The first-order valence-electron chi connectivity index (χ1n) is 8.55. The van der Waals surface area contributed by atoms with Crippen molar-refractivity contribution in [2.75, 3.05) is 6.54 Å². The summed E-state index contributed by atoms with van der Waals surface area (Å²) in [7, 11) is 0. The molecule has 0 aliphatic carbocycles. The van der Waals surface area contributed by atoms with E-state index in [-0.39, 0.29) is 23.9 Å². The van der Waals surface area contributed by atoms with Gasteiger partial charge in [-0.25, -0.2) is 4.98 Å². The van der Waals surface area contributed by atoms with Crippen molar-refractivity contribution in [2.45, 2.75) is 39.2 Å². The molecule has 3 heterocycles. The van der Waals surface area contributed by atoms with Crippen LogP contribution in [0.2, 0.25) is 0 Å². The van der Waals surface area contributed by atoms with E-state index < -0.39 is 0 Å². The molecule has 1 aliphatic heterocycles. The van der Waals surface area contributed by atoms with Crippen molar-refractivity contribution in [1.82, 2.24) is 25.1 Å². The molecule has 1 atom stereocenters. The number of aromatic nitrogens is 4. The first kappa shape index (κ1) is 15.7. The molecule has 1 amide bonds. The Balaban J connectivity index is 1.61. The van der Waals surface area contributed by atoms with Gasteiger partial charge in [-0.3, -0.25) is 14.7 Å². The second-order valence-corrected chi connectivity index (χ2v) is 6.75. The van der Waals surface area contributed by atoms with Gasteiger partial charge in [0.05, 0.1) is 23.5 Å². The van der Waals surface area contributed by atoms with Crippen molar-refractivity contribution < 1.29 is 4.79 Å². The molecule has 7 heteroatoms. The first-order chi connectivity index (χ1) is 12.0. The molecule has 4 rings (SSSR count). The lowest BCUT2D eigenvalue weighted by Crippen LogP contribution is -2.33. The highest BCUT2D eigenvalue weighted by molar-refractivity contribution is 5.80. The highest BCUT2D eigenvalue weighted by atomic mass is 16.2. The van der Waals surface area contributed by atoms with Gasteiger partial charge in [-0.15, -0.1) is 0 Å². The largest absolute Gasteiger partial charge is 0.340 e. The molecule has 1 unspecified atom stereocenters. The van der Waals surface area contributed by atoms with Crippen molar-refractivity contribution in [2.24, 2.45) is 0 Å². The molecule has 3 N–H and O–H groups in total. The van der Waals surface area contributed by atoms with Crippen LogP contribution in [-0.4, -0.2) is 37.5 Å². The molecule has 0 radical (unpaired) electrons. The summed E-state index contributed by atoms with van der Waals surface area (Å²) in [5, 5.41) is 5.30. The number of hydrogen-bond acceptors (Lipinski definition) is 3. The van der Waals surface area contributed by atoms with E-state index in [1.807, 2.05) is 24.0 Å². The van der Waals surface area contributed by atoms with Crippen LogP contribution in [0.4, 0.5) is 0 Å². The smallest absolute Gasteiger partial charge is 0.267 e. The average molecular weight is 339 g/mol. The number of benzene rings is 1. The third-order valence-corrected chi connectivity index (χ3v) is 4.96. The number of hydrogen-bond donors (Lipinski definition) is 3. The molecule has 1 aromatic carbocycles. The Morgan fingerprint density at radius 3 is 2.92 bits per heavy atom. The molecule has 7 nitrogen and oxygen atoms in total. The molecule has 1 saturated heterocycles. The van der Waals surface area contributed by atoms with E-state index in [4.69, 9.17) is 0 Å². The minimum atomic E-state index is -0.221. The number of likely N-dealkylation sites (tertiary alicyclic amines) is 1. The molecule has 25 heavy (non-hydrogen) atoms. The fourth-order valence-electron chi connectivity index (χ4n) is 3.59. The molecule has 0 bridgehead atoms. The molecule has 1 fully saturated rings. The van der Waals surface area contributed by atoms with Gasteiger partial charge in [-0.05, 0) is 44.4 Å². The minimum absolute atomic E-state index is 0.0349. The number of amides is 1. The van der Waals surface area contributed by atoms with Gasteiger partial charge >= 0.3 is 0 Å². The van der Waals surface area contributed by atoms with Crippen LogP contribution in [0.1, 0.15) is 41.5 Å². The predicted octanol–water partition coefficient (Wildman–Crippen LogP) is 2.10. The van der Waals surface area contributed by atoms with Crippen molar-refractivity contribution in [3.63, 3.8) is 0 Å². The number of nitrogens with one attached hydrogen (secondary N) is 3. The van der Waals surface area contributed by atoms with Crippen LogP contribution >= 0.6 is 0 Å². The lowest BCUT2D eigenvalue weighted by atomic mass is 10.1. The van der Waals surface area contributed by atoms with Crippen LogP contribution in [-0.2, 0) is 11.2 Å². The van der Waals surface area contributed by atoms with Crippen LogP contribution in [0, 0.1) is 13.8 Å². The standard InChI is InChI=1S/C18H21N5O2/c1-10-5-6-13-14(8-10)20-17(19-13)15-4-3-7-23(15)16(24)9-12-11(2)21-22-18(12)25/h5-6,8,15H,3-4,7,9H2,1-2H3,(H,19,20)(H2,21,22,25). The Morgan fingerprint density at radius 2 is 2.16 bits per heavy atom. The minimum Gasteiger partial charge on any atom is -0.340 e. The lowest BCUT2D eigenvalue weighted by molar-refractivity contribution is -0.131. The highest BCUT2D eigenvalue weighted by Gasteiger charge is 2.32. The lowest BCUT2D eigenvalue weighted by Gasteiger charge is -2.23. The van der Waals surface area contributed by atoms with Crippen LogP contribution < -0.4 is 5.56 Å². The first-order valence-corrected chi connectivity index (χ1v) is 8.55. The number of H-pyrrole nitrogens is 3.